The van der Waals surface area contributed by atoms with E-state index >= 15 is 0 Å². The molecular formula is C10H15NO3S. The molecule has 0 atom stereocenters. The zero-order valence-corrected chi connectivity index (χ0v) is 9.62. The Balaban J connectivity index is 2.73. The van der Waals surface area contributed by atoms with Gasteiger partial charge in [-0.3, -0.25) is 0 Å². The van der Waals surface area contributed by atoms with E-state index in [2.05, 4.69) is 0 Å². The number of rotatable bonds is 4. The maximum Gasteiger partial charge on any atom is 0.213 e. The Bertz CT molecular complexity index is 409. The number of primary sulfonamides is 1. The average molecular weight is 229 g/mol. The molecule has 4 nitrogen and oxygen atoms in total. The molecule has 0 spiro atoms. The molecule has 2 N–H and O–H groups in total. The molecule has 0 saturated carbocycles. The largest absolute Gasteiger partial charge is 0.491 e. The van der Waals surface area contributed by atoms with Crippen LogP contribution in [0.3, 0.4) is 0 Å². The summed E-state index contributed by atoms with van der Waals surface area (Å²) in [6, 6.07) is 6.87. The Kier molecular flexibility index (Phi) is 3.71. The van der Waals surface area contributed by atoms with Crippen molar-refractivity contribution in [2.24, 2.45) is 5.14 Å². The van der Waals surface area contributed by atoms with E-state index in [4.69, 9.17) is 9.88 Å². The monoisotopic (exact) mass is 229 g/mol. The van der Waals surface area contributed by atoms with Crippen molar-refractivity contribution < 1.29 is 13.2 Å². The van der Waals surface area contributed by atoms with E-state index in [0.717, 1.165) is 5.75 Å². The van der Waals surface area contributed by atoms with Crippen molar-refractivity contribution in [3.63, 3.8) is 0 Å². The highest BCUT2D eigenvalue weighted by Gasteiger charge is 2.05. The molecule has 0 aliphatic rings. The van der Waals surface area contributed by atoms with Gasteiger partial charge in [-0.15, -0.1) is 0 Å². The van der Waals surface area contributed by atoms with Crippen molar-refractivity contribution in [2.75, 3.05) is 0 Å². The summed E-state index contributed by atoms with van der Waals surface area (Å²) in [6.45, 7) is 3.86. The molecule has 0 aliphatic carbocycles. The molecular weight excluding hydrogens is 214 g/mol. The second-order valence-corrected chi connectivity index (χ2v) is 5.23. The maximum absolute atomic E-state index is 10.8. The molecule has 0 heterocycles. The van der Waals surface area contributed by atoms with Crippen LogP contribution in [-0.2, 0) is 15.8 Å². The lowest BCUT2D eigenvalue weighted by atomic mass is 10.2. The van der Waals surface area contributed by atoms with Crippen LogP contribution in [-0.4, -0.2) is 14.5 Å². The number of sulfonamides is 1. The molecule has 1 aromatic rings. The first kappa shape index (κ1) is 12.0. The third kappa shape index (κ3) is 4.80. The average Bonchev–Trinajstić information content (AvgIpc) is 2.05. The lowest BCUT2D eigenvalue weighted by Gasteiger charge is -2.09. The van der Waals surface area contributed by atoms with Crippen LogP contribution >= 0.6 is 0 Å². The van der Waals surface area contributed by atoms with Crippen LogP contribution in [0.4, 0.5) is 0 Å². The topological polar surface area (TPSA) is 69.4 Å². The number of ether oxygens (including phenoxy) is 1. The fourth-order valence-electron chi connectivity index (χ4n) is 1.17. The van der Waals surface area contributed by atoms with Crippen LogP contribution in [0.2, 0.25) is 0 Å². The zero-order valence-electron chi connectivity index (χ0n) is 8.80. The summed E-state index contributed by atoms with van der Waals surface area (Å²) in [5, 5.41) is 4.93. The molecule has 0 amide bonds. The smallest absolute Gasteiger partial charge is 0.213 e. The van der Waals surface area contributed by atoms with E-state index in [1.807, 2.05) is 13.8 Å². The van der Waals surface area contributed by atoms with Gasteiger partial charge in [0.15, 0.2) is 0 Å². The van der Waals surface area contributed by atoms with Gasteiger partial charge in [0.25, 0.3) is 0 Å². The molecule has 0 aliphatic heterocycles. The van der Waals surface area contributed by atoms with Gasteiger partial charge in [-0.05, 0) is 31.5 Å². The van der Waals surface area contributed by atoms with E-state index in [0.29, 0.717) is 5.56 Å². The number of hydrogen-bond donors (Lipinski definition) is 1. The zero-order chi connectivity index (χ0) is 11.5. The summed E-state index contributed by atoms with van der Waals surface area (Å²) in [5.74, 6) is 0.581. The van der Waals surface area contributed by atoms with E-state index < -0.39 is 10.0 Å². The Labute approximate surface area is 90.1 Å². The summed E-state index contributed by atoms with van der Waals surface area (Å²) in [6.07, 6.45) is 0.106. The quantitative estimate of drug-likeness (QED) is 0.845. The summed E-state index contributed by atoms with van der Waals surface area (Å²) in [7, 11) is -3.45. The van der Waals surface area contributed by atoms with E-state index in [-0.39, 0.29) is 11.9 Å². The van der Waals surface area contributed by atoms with E-state index in [1.54, 1.807) is 24.3 Å². The van der Waals surface area contributed by atoms with E-state index in [1.165, 1.54) is 0 Å². The number of hydrogen-bond acceptors (Lipinski definition) is 3. The van der Waals surface area contributed by atoms with E-state index in [9.17, 15) is 8.42 Å². The Morgan fingerprint density at radius 3 is 2.20 bits per heavy atom. The fourth-order valence-corrected chi connectivity index (χ4v) is 1.83. The Hall–Kier alpha value is -1.07. The van der Waals surface area contributed by atoms with Gasteiger partial charge in [0.2, 0.25) is 10.0 Å². The first-order chi connectivity index (χ1) is 6.87. The molecule has 0 radical (unpaired) electrons. The van der Waals surface area contributed by atoms with Gasteiger partial charge in [0.05, 0.1) is 11.9 Å². The Morgan fingerprint density at radius 1 is 1.27 bits per heavy atom. The predicted octanol–water partition coefficient (Wildman–Crippen LogP) is 1.26. The minimum atomic E-state index is -3.45. The van der Waals surface area contributed by atoms with Crippen molar-refractivity contribution >= 4 is 10.0 Å². The Morgan fingerprint density at radius 2 is 1.80 bits per heavy atom. The minimum absolute atomic E-state index is 0.106. The molecule has 84 valence electrons. The molecule has 0 unspecified atom stereocenters. The predicted molar refractivity (Wildman–Crippen MR) is 59.0 cm³/mol. The first-order valence-electron chi connectivity index (χ1n) is 4.63. The van der Waals surface area contributed by atoms with Crippen molar-refractivity contribution in [2.45, 2.75) is 25.7 Å². The summed E-state index contributed by atoms with van der Waals surface area (Å²) < 4.78 is 27.0. The van der Waals surface area contributed by atoms with Crippen LogP contribution in [0, 0.1) is 0 Å². The highest BCUT2D eigenvalue weighted by Crippen LogP contribution is 2.14. The van der Waals surface area contributed by atoms with Gasteiger partial charge in [-0.25, -0.2) is 13.6 Å². The molecule has 0 aromatic heterocycles. The standard InChI is InChI=1S/C10H15NO3S/c1-8(2)14-10-5-3-9(4-6-10)7-15(11,12)13/h3-6,8H,7H2,1-2H3,(H2,11,12,13). The lowest BCUT2D eigenvalue weighted by molar-refractivity contribution is 0.242. The van der Waals surface area contributed by atoms with Crippen LogP contribution in [0.25, 0.3) is 0 Å². The van der Waals surface area contributed by atoms with Gasteiger partial charge in [-0.1, -0.05) is 12.1 Å². The third-order valence-corrected chi connectivity index (χ3v) is 2.40. The van der Waals surface area contributed by atoms with Crippen molar-refractivity contribution in [3.05, 3.63) is 29.8 Å². The first-order valence-corrected chi connectivity index (χ1v) is 6.34. The number of nitrogens with two attached hydrogens (primary N) is 1. The SMILES string of the molecule is CC(C)Oc1ccc(CS(N)(=O)=O)cc1. The second kappa shape index (κ2) is 4.63. The minimum Gasteiger partial charge on any atom is -0.491 e. The molecule has 0 saturated heterocycles. The molecule has 5 heteroatoms. The molecule has 1 rings (SSSR count). The van der Waals surface area contributed by atoms with Gasteiger partial charge < -0.3 is 4.74 Å². The van der Waals surface area contributed by atoms with Crippen LogP contribution in [0.1, 0.15) is 19.4 Å². The molecule has 0 fully saturated rings. The molecule has 1 aromatic carbocycles. The van der Waals surface area contributed by atoms with Crippen molar-refractivity contribution in [1.29, 1.82) is 0 Å². The van der Waals surface area contributed by atoms with Gasteiger partial charge in [0.1, 0.15) is 5.75 Å². The van der Waals surface area contributed by atoms with Crippen LogP contribution < -0.4 is 9.88 Å². The van der Waals surface area contributed by atoms with Crippen molar-refractivity contribution in [1.82, 2.24) is 0 Å². The third-order valence-electron chi connectivity index (χ3n) is 1.66. The molecule has 0 bridgehead atoms. The van der Waals surface area contributed by atoms with Crippen LogP contribution in [0.15, 0.2) is 24.3 Å². The maximum atomic E-state index is 10.8. The normalized spacial score (nSPS) is 11.7. The lowest BCUT2D eigenvalue weighted by Crippen LogP contribution is -2.14. The summed E-state index contributed by atoms with van der Waals surface area (Å²) in [4.78, 5) is 0. The van der Waals surface area contributed by atoms with Gasteiger partial charge in [0, 0.05) is 0 Å². The summed E-state index contributed by atoms with van der Waals surface area (Å²) >= 11 is 0. The second-order valence-electron chi connectivity index (χ2n) is 3.62. The number of benzene rings is 1. The van der Waals surface area contributed by atoms with Crippen molar-refractivity contribution in [3.8, 4) is 5.75 Å². The fraction of sp³-hybridized carbons (Fsp3) is 0.400. The molecule has 15 heavy (non-hydrogen) atoms. The van der Waals surface area contributed by atoms with Gasteiger partial charge in [-0.2, -0.15) is 0 Å². The van der Waals surface area contributed by atoms with Crippen LogP contribution in [0.5, 0.6) is 5.75 Å². The van der Waals surface area contributed by atoms with Gasteiger partial charge >= 0.3 is 0 Å². The highest BCUT2D eigenvalue weighted by atomic mass is 32.2. The highest BCUT2D eigenvalue weighted by molar-refractivity contribution is 7.88. The summed E-state index contributed by atoms with van der Waals surface area (Å²) in [5.41, 5.74) is 0.661.